The molecule has 1 aromatic heterocycles. The van der Waals surface area contributed by atoms with E-state index in [0.717, 1.165) is 68.5 Å². The summed E-state index contributed by atoms with van der Waals surface area (Å²) >= 11 is 1.74. The number of aliphatic imine (C=N–C) groups is 1. The van der Waals surface area contributed by atoms with Crippen LogP contribution in [0.5, 0.6) is 5.75 Å². The molecule has 1 unspecified atom stereocenters. The van der Waals surface area contributed by atoms with Crippen molar-refractivity contribution < 1.29 is 4.74 Å². The van der Waals surface area contributed by atoms with Crippen molar-refractivity contribution in [3.63, 3.8) is 0 Å². The van der Waals surface area contributed by atoms with E-state index in [1.54, 1.807) is 18.4 Å². The third-order valence-electron chi connectivity index (χ3n) is 4.84. The molecule has 0 saturated carbocycles. The highest BCUT2D eigenvalue weighted by Crippen LogP contribution is 2.30. The van der Waals surface area contributed by atoms with Crippen molar-refractivity contribution in [1.82, 2.24) is 15.6 Å². The monoisotopic (exact) mass is 529 g/mol. The van der Waals surface area contributed by atoms with E-state index < -0.39 is 0 Å². The zero-order chi connectivity index (χ0) is 19.8. The maximum absolute atomic E-state index is 5.51. The second kappa shape index (κ2) is 12.2. The van der Waals surface area contributed by atoms with Crippen LogP contribution < -0.4 is 20.3 Å². The number of nitrogens with one attached hydrogen (secondary N) is 2. The van der Waals surface area contributed by atoms with Gasteiger partial charge in [0, 0.05) is 44.0 Å². The minimum absolute atomic E-state index is 0. The molecule has 1 aliphatic rings. The fourth-order valence-corrected chi connectivity index (χ4v) is 4.19. The molecule has 1 saturated heterocycles. The van der Waals surface area contributed by atoms with Gasteiger partial charge in [-0.2, -0.15) is 0 Å². The van der Waals surface area contributed by atoms with Crippen LogP contribution >= 0.6 is 35.3 Å². The van der Waals surface area contributed by atoms with Crippen LogP contribution in [-0.4, -0.2) is 50.3 Å². The fourth-order valence-electron chi connectivity index (χ4n) is 3.41. The molecular weight excluding hydrogens is 497 g/mol. The van der Waals surface area contributed by atoms with Gasteiger partial charge >= 0.3 is 0 Å². The van der Waals surface area contributed by atoms with Crippen molar-refractivity contribution in [3.05, 3.63) is 40.3 Å². The van der Waals surface area contributed by atoms with Crippen molar-refractivity contribution in [2.45, 2.75) is 39.2 Å². The van der Waals surface area contributed by atoms with E-state index in [4.69, 9.17) is 9.73 Å². The number of thiazole rings is 1. The molecule has 0 spiro atoms. The first-order valence-electron chi connectivity index (χ1n) is 10.1. The molecule has 1 aromatic carbocycles. The summed E-state index contributed by atoms with van der Waals surface area (Å²) in [6.45, 7) is 7.79. The van der Waals surface area contributed by atoms with Gasteiger partial charge in [-0.05, 0) is 31.9 Å². The number of benzene rings is 1. The van der Waals surface area contributed by atoms with Crippen LogP contribution in [0.15, 0.2) is 34.6 Å². The van der Waals surface area contributed by atoms with Gasteiger partial charge in [-0.1, -0.05) is 19.1 Å². The van der Waals surface area contributed by atoms with Crippen LogP contribution in [0.4, 0.5) is 5.69 Å². The largest absolute Gasteiger partial charge is 0.495 e. The van der Waals surface area contributed by atoms with Crippen LogP contribution in [0.2, 0.25) is 0 Å². The quantitative estimate of drug-likeness (QED) is 0.310. The van der Waals surface area contributed by atoms with E-state index in [2.05, 4.69) is 51.9 Å². The van der Waals surface area contributed by atoms with Crippen molar-refractivity contribution in [2.75, 3.05) is 38.2 Å². The number of methoxy groups -OCH3 is 1. The fraction of sp³-hybridized carbons (Fsp3) is 0.524. The molecule has 8 heteroatoms. The number of nitrogens with zero attached hydrogens (tertiary/aromatic N) is 3. The third kappa shape index (κ3) is 6.74. The molecule has 0 aliphatic carbocycles. The Morgan fingerprint density at radius 3 is 2.90 bits per heavy atom. The lowest BCUT2D eigenvalue weighted by atomic mass is 10.2. The Morgan fingerprint density at radius 1 is 1.34 bits per heavy atom. The van der Waals surface area contributed by atoms with Gasteiger partial charge in [-0.25, -0.2) is 4.98 Å². The van der Waals surface area contributed by atoms with E-state index in [0.29, 0.717) is 6.04 Å². The molecule has 29 heavy (non-hydrogen) atoms. The SMILES string of the molecule is CCNC(=NCCc1csc(CC)n1)NC1CCN(c2ccccc2OC)C1.I. The number of guanidine groups is 1. The van der Waals surface area contributed by atoms with Crippen LogP contribution in [0.3, 0.4) is 0 Å². The van der Waals surface area contributed by atoms with E-state index in [-0.39, 0.29) is 24.0 Å². The number of hydrogen-bond acceptors (Lipinski definition) is 5. The van der Waals surface area contributed by atoms with Gasteiger partial charge in [0.15, 0.2) is 5.96 Å². The zero-order valence-electron chi connectivity index (χ0n) is 17.5. The average molecular weight is 529 g/mol. The lowest BCUT2D eigenvalue weighted by Crippen LogP contribution is -2.44. The molecule has 1 atom stereocenters. The summed E-state index contributed by atoms with van der Waals surface area (Å²) in [4.78, 5) is 11.8. The lowest BCUT2D eigenvalue weighted by molar-refractivity contribution is 0.415. The highest BCUT2D eigenvalue weighted by molar-refractivity contribution is 14.0. The van der Waals surface area contributed by atoms with Gasteiger partial charge in [0.2, 0.25) is 0 Å². The standard InChI is InChI=1S/C21H31N5OS.HI/c1-4-20-24-17(15-28-20)10-12-23-21(22-5-2)25-16-11-13-26(14-16)18-8-6-7-9-19(18)27-3;/h6-9,15-16H,4-5,10-14H2,1-3H3,(H2,22,23,25);1H. The third-order valence-corrected chi connectivity index (χ3v) is 5.88. The number of ether oxygens (including phenoxy) is 1. The molecule has 0 amide bonds. The van der Waals surface area contributed by atoms with E-state index >= 15 is 0 Å². The zero-order valence-corrected chi connectivity index (χ0v) is 20.6. The second-order valence-corrected chi connectivity index (χ2v) is 7.79. The van der Waals surface area contributed by atoms with Gasteiger partial charge in [0.1, 0.15) is 5.75 Å². The van der Waals surface area contributed by atoms with E-state index in [9.17, 15) is 0 Å². The van der Waals surface area contributed by atoms with Crippen LogP contribution in [-0.2, 0) is 12.8 Å². The first-order valence-corrected chi connectivity index (χ1v) is 11.0. The van der Waals surface area contributed by atoms with Gasteiger partial charge in [0.05, 0.1) is 23.5 Å². The topological polar surface area (TPSA) is 61.8 Å². The molecule has 6 nitrogen and oxygen atoms in total. The molecule has 0 radical (unpaired) electrons. The van der Waals surface area contributed by atoms with Gasteiger partial charge in [0.25, 0.3) is 0 Å². The summed E-state index contributed by atoms with van der Waals surface area (Å²) in [5.41, 5.74) is 2.30. The summed E-state index contributed by atoms with van der Waals surface area (Å²) in [6, 6.07) is 8.58. The minimum Gasteiger partial charge on any atom is -0.495 e. The Labute approximate surface area is 195 Å². The first kappa shape index (κ1) is 23.7. The number of aromatic nitrogens is 1. The normalized spacial score (nSPS) is 16.4. The Bertz CT molecular complexity index is 782. The van der Waals surface area contributed by atoms with Crippen molar-refractivity contribution in [2.24, 2.45) is 4.99 Å². The molecule has 3 rings (SSSR count). The lowest BCUT2D eigenvalue weighted by Gasteiger charge is -2.22. The predicted molar refractivity (Wildman–Crippen MR) is 133 cm³/mol. The highest BCUT2D eigenvalue weighted by Gasteiger charge is 2.25. The number of hydrogen-bond donors (Lipinski definition) is 2. The Balaban J connectivity index is 0.00000300. The van der Waals surface area contributed by atoms with E-state index in [1.165, 1.54) is 5.01 Å². The average Bonchev–Trinajstić information content (AvgIpc) is 3.37. The van der Waals surface area contributed by atoms with Gasteiger partial charge < -0.3 is 20.3 Å². The second-order valence-electron chi connectivity index (χ2n) is 6.84. The number of anilines is 1. The Morgan fingerprint density at radius 2 is 2.17 bits per heavy atom. The summed E-state index contributed by atoms with van der Waals surface area (Å²) in [6.07, 6.45) is 2.96. The molecule has 2 heterocycles. The van der Waals surface area contributed by atoms with Gasteiger partial charge in [-0.15, -0.1) is 35.3 Å². The number of aryl methyl sites for hydroxylation is 1. The molecule has 1 fully saturated rings. The highest BCUT2D eigenvalue weighted by atomic mass is 127. The molecule has 2 aromatic rings. The Hall–Kier alpha value is -1.55. The van der Waals surface area contributed by atoms with Crippen molar-refractivity contribution >= 4 is 47.0 Å². The molecular formula is C21H32IN5OS. The van der Waals surface area contributed by atoms with Crippen molar-refractivity contribution in [1.29, 1.82) is 0 Å². The summed E-state index contributed by atoms with van der Waals surface area (Å²) in [5.74, 6) is 1.82. The minimum atomic E-state index is 0. The van der Waals surface area contributed by atoms with Crippen LogP contribution in [0.25, 0.3) is 0 Å². The predicted octanol–water partition coefficient (Wildman–Crippen LogP) is 3.71. The summed E-state index contributed by atoms with van der Waals surface area (Å²) in [7, 11) is 1.73. The van der Waals surface area contributed by atoms with Gasteiger partial charge in [-0.3, -0.25) is 4.99 Å². The number of rotatable bonds is 8. The van der Waals surface area contributed by atoms with Crippen molar-refractivity contribution in [3.8, 4) is 5.75 Å². The molecule has 160 valence electrons. The maximum Gasteiger partial charge on any atom is 0.191 e. The maximum atomic E-state index is 5.51. The number of para-hydroxylation sites is 2. The Kier molecular flexibility index (Phi) is 9.99. The first-order chi connectivity index (χ1) is 13.7. The summed E-state index contributed by atoms with van der Waals surface area (Å²) < 4.78 is 5.51. The smallest absolute Gasteiger partial charge is 0.191 e. The molecule has 2 N–H and O–H groups in total. The van der Waals surface area contributed by atoms with E-state index in [1.807, 2.05) is 12.1 Å². The number of halogens is 1. The molecule has 0 bridgehead atoms. The van der Waals surface area contributed by atoms with Crippen LogP contribution in [0, 0.1) is 0 Å². The summed E-state index contributed by atoms with van der Waals surface area (Å²) in [5, 5.41) is 10.3. The van der Waals surface area contributed by atoms with Crippen LogP contribution in [0.1, 0.15) is 31.0 Å². The molecule has 1 aliphatic heterocycles.